The first-order valence-electron chi connectivity index (χ1n) is 9.53. The van der Waals surface area contributed by atoms with Gasteiger partial charge in [-0.15, -0.1) is 0 Å². The number of hydrogen-bond acceptors (Lipinski definition) is 6. The monoisotopic (exact) mass is 403 g/mol. The molecular formula is C20H25N3O6. The Balaban J connectivity index is 1.99. The van der Waals surface area contributed by atoms with Gasteiger partial charge in [0.1, 0.15) is 11.6 Å². The van der Waals surface area contributed by atoms with Crippen molar-refractivity contribution in [2.75, 3.05) is 19.9 Å². The molecule has 9 nitrogen and oxygen atoms in total. The highest BCUT2D eigenvalue weighted by Crippen LogP contribution is 2.35. The molecule has 0 fully saturated rings. The summed E-state index contributed by atoms with van der Waals surface area (Å²) in [7, 11) is 0. The normalized spacial score (nSPS) is 13.6. The van der Waals surface area contributed by atoms with Crippen molar-refractivity contribution in [1.82, 2.24) is 15.2 Å². The third kappa shape index (κ3) is 4.04. The second-order valence-corrected chi connectivity index (χ2v) is 7.09. The number of amides is 2. The minimum atomic E-state index is -0.837. The third-order valence-corrected chi connectivity index (χ3v) is 4.81. The van der Waals surface area contributed by atoms with Crippen LogP contribution in [0.25, 0.3) is 10.9 Å². The molecule has 2 heterocycles. The molecule has 0 aliphatic carbocycles. The van der Waals surface area contributed by atoms with Crippen LogP contribution in [0.4, 0.5) is 0 Å². The second kappa shape index (κ2) is 8.52. The summed E-state index contributed by atoms with van der Waals surface area (Å²) in [5.74, 6) is -0.243. The summed E-state index contributed by atoms with van der Waals surface area (Å²) in [5.41, 5.74) is 0.136. The number of aryl methyl sites for hydroxylation is 1. The largest absolute Gasteiger partial charge is 0.454 e. The van der Waals surface area contributed by atoms with Gasteiger partial charge in [0, 0.05) is 25.4 Å². The highest BCUT2D eigenvalue weighted by molar-refractivity contribution is 6.00. The van der Waals surface area contributed by atoms with E-state index in [0.717, 1.165) is 0 Å². The second-order valence-electron chi connectivity index (χ2n) is 7.09. The molecule has 0 saturated carbocycles. The lowest BCUT2D eigenvalue weighted by Gasteiger charge is -2.22. The van der Waals surface area contributed by atoms with Crippen molar-refractivity contribution in [1.29, 1.82) is 0 Å². The highest BCUT2D eigenvalue weighted by Gasteiger charge is 2.27. The number of carbonyl (C=O) groups excluding carboxylic acids is 2. The Labute approximate surface area is 167 Å². The Morgan fingerprint density at radius 1 is 1.24 bits per heavy atom. The molecule has 1 aromatic carbocycles. The number of pyridine rings is 1. The van der Waals surface area contributed by atoms with Crippen LogP contribution >= 0.6 is 0 Å². The number of aliphatic hydroxyl groups is 1. The van der Waals surface area contributed by atoms with Gasteiger partial charge in [-0.3, -0.25) is 14.4 Å². The number of carbonyl (C=O) groups is 2. The van der Waals surface area contributed by atoms with E-state index in [1.807, 2.05) is 6.92 Å². The molecule has 0 saturated heterocycles. The van der Waals surface area contributed by atoms with Crippen LogP contribution in [0, 0.1) is 5.92 Å². The van der Waals surface area contributed by atoms with E-state index >= 15 is 0 Å². The van der Waals surface area contributed by atoms with Crippen molar-refractivity contribution in [2.45, 2.75) is 33.4 Å². The fraction of sp³-hybridized carbons (Fsp3) is 0.450. The zero-order valence-electron chi connectivity index (χ0n) is 16.7. The van der Waals surface area contributed by atoms with Crippen molar-refractivity contribution in [3.8, 4) is 11.5 Å². The zero-order chi connectivity index (χ0) is 21.1. The van der Waals surface area contributed by atoms with Gasteiger partial charge in [0.2, 0.25) is 18.1 Å². The van der Waals surface area contributed by atoms with Crippen LogP contribution in [0.5, 0.6) is 11.5 Å². The molecule has 1 aliphatic rings. The van der Waals surface area contributed by atoms with Crippen molar-refractivity contribution in [3.63, 3.8) is 0 Å². The summed E-state index contributed by atoms with van der Waals surface area (Å²) < 4.78 is 12.5. The molecule has 2 aromatic rings. The summed E-state index contributed by atoms with van der Waals surface area (Å²) >= 11 is 0. The van der Waals surface area contributed by atoms with E-state index in [1.165, 1.54) is 6.20 Å². The van der Waals surface area contributed by atoms with Gasteiger partial charge in [-0.25, -0.2) is 0 Å². The fourth-order valence-corrected chi connectivity index (χ4v) is 3.25. The van der Waals surface area contributed by atoms with Crippen LogP contribution in [0.3, 0.4) is 0 Å². The zero-order valence-corrected chi connectivity index (χ0v) is 16.7. The number of rotatable bonds is 7. The molecule has 3 N–H and O–H groups in total. The van der Waals surface area contributed by atoms with E-state index in [1.54, 1.807) is 30.5 Å². The van der Waals surface area contributed by atoms with Gasteiger partial charge >= 0.3 is 0 Å². The summed E-state index contributed by atoms with van der Waals surface area (Å²) in [6, 6.07) is 2.47. The summed E-state index contributed by atoms with van der Waals surface area (Å²) in [4.78, 5) is 38.2. The maximum Gasteiger partial charge on any atom is 0.257 e. The van der Waals surface area contributed by atoms with Gasteiger partial charge in [-0.2, -0.15) is 0 Å². The molecule has 3 rings (SSSR count). The van der Waals surface area contributed by atoms with Crippen molar-refractivity contribution < 1.29 is 24.2 Å². The average Bonchev–Trinajstić information content (AvgIpc) is 3.16. The Bertz CT molecular complexity index is 998. The third-order valence-electron chi connectivity index (χ3n) is 4.81. The molecule has 0 bridgehead atoms. The van der Waals surface area contributed by atoms with Crippen molar-refractivity contribution in [3.05, 3.63) is 34.1 Å². The van der Waals surface area contributed by atoms with Gasteiger partial charge < -0.3 is 29.8 Å². The smallest absolute Gasteiger partial charge is 0.257 e. The maximum atomic E-state index is 13.0. The van der Waals surface area contributed by atoms with Crippen LogP contribution < -0.4 is 25.5 Å². The topological polar surface area (TPSA) is 119 Å². The average molecular weight is 403 g/mol. The number of ether oxygens (including phenoxy) is 2. The lowest BCUT2D eigenvalue weighted by molar-refractivity contribution is -0.124. The standard InChI is InChI=1S/C20H25N3O6/c1-4-23-9-13(19(26)22-17(11(2)3)20(27)21-5-6-24)18(25)12-7-15-16(8-14(12)23)29-10-28-15/h7-9,11,17,24H,4-6,10H2,1-3H3,(H,21,27)(H,22,26)/t17-/m1/s1. The Kier molecular flexibility index (Phi) is 6.07. The van der Waals surface area contributed by atoms with E-state index in [0.29, 0.717) is 28.9 Å². The molecule has 2 amide bonds. The Morgan fingerprint density at radius 2 is 1.93 bits per heavy atom. The SMILES string of the molecule is CCn1cc(C(=O)N[C@@H](C(=O)NCCO)C(C)C)c(=O)c2cc3c(cc21)OCO3. The summed E-state index contributed by atoms with van der Waals surface area (Å²) in [6.07, 6.45) is 1.49. The number of nitrogens with one attached hydrogen (secondary N) is 2. The van der Waals surface area contributed by atoms with Crippen molar-refractivity contribution in [2.24, 2.45) is 5.92 Å². The molecule has 1 atom stereocenters. The van der Waals surface area contributed by atoms with Gasteiger partial charge in [0.15, 0.2) is 11.5 Å². The summed E-state index contributed by atoms with van der Waals surface area (Å²) in [5, 5.41) is 14.4. The van der Waals surface area contributed by atoms with Crippen LogP contribution in [-0.2, 0) is 11.3 Å². The number of nitrogens with zero attached hydrogens (tertiary/aromatic N) is 1. The molecule has 0 radical (unpaired) electrons. The first kappa shape index (κ1) is 20.7. The molecular weight excluding hydrogens is 378 g/mol. The van der Waals surface area contributed by atoms with Gasteiger partial charge in [-0.1, -0.05) is 13.8 Å². The van der Waals surface area contributed by atoms with Gasteiger partial charge in [-0.05, 0) is 18.9 Å². The van der Waals surface area contributed by atoms with Crippen LogP contribution in [-0.4, -0.2) is 47.5 Å². The first-order valence-corrected chi connectivity index (χ1v) is 9.53. The molecule has 0 unspecified atom stereocenters. The predicted molar refractivity (Wildman–Crippen MR) is 106 cm³/mol. The molecule has 0 spiro atoms. The quantitative estimate of drug-likeness (QED) is 0.623. The maximum absolute atomic E-state index is 13.0. The molecule has 1 aliphatic heterocycles. The molecule has 29 heavy (non-hydrogen) atoms. The van der Waals surface area contributed by atoms with Crippen LogP contribution in [0.2, 0.25) is 0 Å². The Hall–Kier alpha value is -3.07. The lowest BCUT2D eigenvalue weighted by atomic mass is 10.0. The minimum absolute atomic E-state index is 0.0566. The van der Waals surface area contributed by atoms with E-state index < -0.39 is 23.3 Å². The number of aliphatic hydroxyl groups excluding tert-OH is 1. The van der Waals surface area contributed by atoms with Crippen LogP contribution in [0.1, 0.15) is 31.1 Å². The Morgan fingerprint density at radius 3 is 2.55 bits per heavy atom. The van der Waals surface area contributed by atoms with Gasteiger partial charge in [0.25, 0.3) is 5.91 Å². The van der Waals surface area contributed by atoms with E-state index in [4.69, 9.17) is 14.6 Å². The number of hydrogen-bond donors (Lipinski definition) is 3. The van der Waals surface area contributed by atoms with E-state index in [-0.39, 0.29) is 31.4 Å². The number of aromatic nitrogens is 1. The number of benzene rings is 1. The van der Waals surface area contributed by atoms with Gasteiger partial charge in [0.05, 0.1) is 17.5 Å². The predicted octanol–water partition coefficient (Wildman–Crippen LogP) is 0.613. The van der Waals surface area contributed by atoms with Crippen molar-refractivity contribution >= 4 is 22.7 Å². The highest BCUT2D eigenvalue weighted by atomic mass is 16.7. The molecule has 156 valence electrons. The van der Waals surface area contributed by atoms with Crippen LogP contribution in [0.15, 0.2) is 23.1 Å². The summed E-state index contributed by atoms with van der Waals surface area (Å²) in [6.45, 7) is 5.97. The molecule has 1 aromatic heterocycles. The fourth-order valence-electron chi connectivity index (χ4n) is 3.25. The van der Waals surface area contributed by atoms with E-state index in [9.17, 15) is 14.4 Å². The number of fused-ring (bicyclic) bond motifs is 2. The first-order chi connectivity index (χ1) is 13.9. The molecule has 9 heteroatoms. The minimum Gasteiger partial charge on any atom is -0.454 e. The lowest BCUT2D eigenvalue weighted by Crippen LogP contribution is -2.50. The van der Waals surface area contributed by atoms with E-state index in [2.05, 4.69) is 10.6 Å².